The van der Waals surface area contributed by atoms with Crippen molar-refractivity contribution in [2.45, 2.75) is 26.8 Å². The number of nitrogens with one attached hydrogen (secondary N) is 2. The molecule has 7 heteroatoms. The number of amides is 3. The number of imidazole rings is 1. The molecule has 1 fully saturated rings. The molecule has 1 aliphatic rings. The summed E-state index contributed by atoms with van der Waals surface area (Å²) in [7, 11) is 0. The van der Waals surface area contributed by atoms with Crippen molar-refractivity contribution in [3.8, 4) is 11.3 Å². The Kier molecular flexibility index (Phi) is 4.09. The molecule has 2 aromatic rings. The molecule has 3 rings (SSSR count). The fourth-order valence-electron chi connectivity index (χ4n) is 2.91. The Bertz CT molecular complexity index is 784. The van der Waals surface area contributed by atoms with Crippen molar-refractivity contribution < 1.29 is 14.0 Å². The second-order valence-electron chi connectivity index (χ2n) is 6.28. The van der Waals surface area contributed by atoms with Gasteiger partial charge in [0.1, 0.15) is 17.7 Å². The number of rotatable bonds is 4. The van der Waals surface area contributed by atoms with Crippen LogP contribution < -0.4 is 5.32 Å². The summed E-state index contributed by atoms with van der Waals surface area (Å²) in [5.41, 5.74) is 1.75. The van der Waals surface area contributed by atoms with Gasteiger partial charge in [-0.1, -0.05) is 19.9 Å². The summed E-state index contributed by atoms with van der Waals surface area (Å²) in [6.45, 7) is 5.61. The Balaban J connectivity index is 1.98. The third kappa shape index (κ3) is 2.77. The van der Waals surface area contributed by atoms with E-state index in [4.69, 9.17) is 0 Å². The second-order valence-corrected chi connectivity index (χ2v) is 6.28. The molecular weight excluding hydrogens is 311 g/mol. The fraction of sp³-hybridized carbons (Fsp3) is 0.353. The zero-order chi connectivity index (χ0) is 17.4. The first-order valence-electron chi connectivity index (χ1n) is 7.79. The van der Waals surface area contributed by atoms with Gasteiger partial charge in [0.15, 0.2) is 0 Å². The monoisotopic (exact) mass is 330 g/mol. The third-order valence-electron chi connectivity index (χ3n) is 4.08. The number of urea groups is 1. The van der Waals surface area contributed by atoms with Gasteiger partial charge in [0.05, 0.1) is 18.4 Å². The van der Waals surface area contributed by atoms with Crippen LogP contribution in [0.3, 0.4) is 0 Å². The predicted molar refractivity (Wildman–Crippen MR) is 86.5 cm³/mol. The number of carbonyl (C=O) groups excluding carboxylic acids is 2. The molecule has 6 nitrogen and oxygen atoms in total. The van der Waals surface area contributed by atoms with Gasteiger partial charge >= 0.3 is 6.03 Å². The minimum atomic E-state index is -0.526. The third-order valence-corrected chi connectivity index (χ3v) is 4.08. The number of nitrogens with zero attached hydrogens (tertiary/aromatic N) is 2. The summed E-state index contributed by atoms with van der Waals surface area (Å²) >= 11 is 0. The number of benzene rings is 1. The van der Waals surface area contributed by atoms with Gasteiger partial charge in [0, 0.05) is 5.56 Å². The molecule has 1 aromatic carbocycles. The molecule has 3 amide bonds. The van der Waals surface area contributed by atoms with Crippen LogP contribution in [0.5, 0.6) is 0 Å². The molecule has 0 saturated carbocycles. The number of halogens is 1. The van der Waals surface area contributed by atoms with Crippen LogP contribution >= 0.6 is 0 Å². The van der Waals surface area contributed by atoms with Gasteiger partial charge in [-0.25, -0.2) is 14.2 Å². The number of imide groups is 1. The maximum Gasteiger partial charge on any atom is 0.325 e. The van der Waals surface area contributed by atoms with Crippen LogP contribution in [-0.2, 0) is 4.79 Å². The van der Waals surface area contributed by atoms with Crippen LogP contribution in [0.4, 0.5) is 9.18 Å². The molecule has 24 heavy (non-hydrogen) atoms. The van der Waals surface area contributed by atoms with Gasteiger partial charge in [-0.15, -0.1) is 0 Å². The van der Waals surface area contributed by atoms with E-state index in [0.717, 1.165) is 5.56 Å². The van der Waals surface area contributed by atoms with Gasteiger partial charge in [-0.3, -0.25) is 9.69 Å². The van der Waals surface area contributed by atoms with Gasteiger partial charge in [0.2, 0.25) is 0 Å². The molecular formula is C17H19FN4O2. The van der Waals surface area contributed by atoms with E-state index in [1.165, 1.54) is 17.2 Å². The molecule has 0 unspecified atom stereocenters. The second kappa shape index (κ2) is 6.07. The summed E-state index contributed by atoms with van der Waals surface area (Å²) in [6.07, 6.45) is 1.52. The number of hydrogen-bond acceptors (Lipinski definition) is 3. The van der Waals surface area contributed by atoms with Gasteiger partial charge < -0.3 is 10.3 Å². The minimum Gasteiger partial charge on any atom is -0.340 e. The average molecular weight is 330 g/mol. The Morgan fingerprint density at radius 2 is 2.04 bits per heavy atom. The van der Waals surface area contributed by atoms with Crippen molar-refractivity contribution in [3.63, 3.8) is 0 Å². The van der Waals surface area contributed by atoms with Gasteiger partial charge in [0.25, 0.3) is 5.91 Å². The van der Waals surface area contributed by atoms with E-state index in [1.807, 2.05) is 26.8 Å². The molecule has 1 atom stereocenters. The quantitative estimate of drug-likeness (QED) is 0.846. The lowest BCUT2D eigenvalue weighted by atomic mass is 10.0. The van der Waals surface area contributed by atoms with Crippen molar-refractivity contribution in [2.75, 3.05) is 6.54 Å². The first kappa shape index (κ1) is 16.2. The zero-order valence-electron chi connectivity index (χ0n) is 13.8. The average Bonchev–Trinajstić information content (AvgIpc) is 3.09. The first-order valence-corrected chi connectivity index (χ1v) is 7.79. The van der Waals surface area contributed by atoms with E-state index < -0.39 is 12.1 Å². The molecule has 2 heterocycles. The maximum atomic E-state index is 14.2. The lowest BCUT2D eigenvalue weighted by molar-refractivity contribution is -0.127. The number of carbonyl (C=O) groups is 2. The smallest absolute Gasteiger partial charge is 0.325 e. The van der Waals surface area contributed by atoms with Gasteiger partial charge in [-0.2, -0.15) is 0 Å². The van der Waals surface area contributed by atoms with Crippen molar-refractivity contribution in [2.24, 2.45) is 5.92 Å². The van der Waals surface area contributed by atoms with Crippen LogP contribution in [0, 0.1) is 18.7 Å². The predicted octanol–water partition coefficient (Wildman–Crippen LogP) is 2.77. The highest BCUT2D eigenvalue weighted by Crippen LogP contribution is 2.30. The Labute approximate surface area is 139 Å². The topological polar surface area (TPSA) is 78.1 Å². The summed E-state index contributed by atoms with van der Waals surface area (Å²) in [4.78, 5) is 32.5. The number of hydrogen-bond donors (Lipinski definition) is 2. The highest BCUT2D eigenvalue weighted by atomic mass is 19.1. The lowest BCUT2D eigenvalue weighted by Gasteiger charge is -2.26. The molecule has 0 spiro atoms. The first-order chi connectivity index (χ1) is 11.4. The molecule has 0 radical (unpaired) electrons. The van der Waals surface area contributed by atoms with Crippen molar-refractivity contribution in [3.05, 3.63) is 41.6 Å². The van der Waals surface area contributed by atoms with E-state index in [-0.39, 0.29) is 24.2 Å². The largest absolute Gasteiger partial charge is 0.340 e. The zero-order valence-corrected chi connectivity index (χ0v) is 13.8. The van der Waals surface area contributed by atoms with Crippen LogP contribution in [0.1, 0.15) is 31.3 Å². The molecule has 1 aliphatic heterocycles. The van der Waals surface area contributed by atoms with Crippen molar-refractivity contribution in [1.82, 2.24) is 20.2 Å². The molecule has 126 valence electrons. The summed E-state index contributed by atoms with van der Waals surface area (Å²) in [5.74, 6) is -0.218. The van der Waals surface area contributed by atoms with E-state index in [2.05, 4.69) is 15.3 Å². The van der Waals surface area contributed by atoms with E-state index in [0.29, 0.717) is 17.1 Å². The normalized spacial score (nSPS) is 16.0. The number of aryl methyl sites for hydroxylation is 1. The summed E-state index contributed by atoms with van der Waals surface area (Å²) < 4.78 is 14.2. The highest BCUT2D eigenvalue weighted by molar-refractivity contribution is 6.02. The summed E-state index contributed by atoms with van der Waals surface area (Å²) in [6, 6.07) is 3.99. The lowest BCUT2D eigenvalue weighted by Crippen LogP contribution is -2.38. The highest BCUT2D eigenvalue weighted by Gasteiger charge is 2.38. The Hall–Kier alpha value is -2.70. The Morgan fingerprint density at radius 3 is 2.62 bits per heavy atom. The molecule has 0 aliphatic carbocycles. The van der Waals surface area contributed by atoms with Crippen LogP contribution in [-0.4, -0.2) is 33.4 Å². The van der Waals surface area contributed by atoms with E-state index in [1.54, 1.807) is 6.07 Å². The molecule has 2 N–H and O–H groups in total. The molecule has 1 saturated heterocycles. The van der Waals surface area contributed by atoms with Crippen molar-refractivity contribution in [1.29, 1.82) is 0 Å². The van der Waals surface area contributed by atoms with Crippen molar-refractivity contribution >= 4 is 11.9 Å². The minimum absolute atomic E-state index is 0.0117. The number of H-pyrrole nitrogens is 1. The number of aromatic amines is 1. The van der Waals surface area contributed by atoms with E-state index >= 15 is 0 Å². The Morgan fingerprint density at radius 1 is 1.29 bits per heavy atom. The standard InChI is InChI=1S/C17H19FN4O2/c1-9(2)15(22-14(23)8-20-17(22)24)16-19-7-13(21-16)11-5-4-10(3)6-12(11)18/h4-7,9,15H,8H2,1-3H3,(H,19,21)(H,20,24)/t15-/m0/s1. The molecule has 0 bridgehead atoms. The van der Waals surface area contributed by atoms with Gasteiger partial charge in [-0.05, 0) is 30.5 Å². The summed E-state index contributed by atoms with van der Waals surface area (Å²) in [5, 5.41) is 2.51. The maximum absolute atomic E-state index is 14.2. The fourth-order valence-corrected chi connectivity index (χ4v) is 2.91. The van der Waals surface area contributed by atoms with E-state index in [9.17, 15) is 14.0 Å². The van der Waals surface area contributed by atoms with Crippen LogP contribution in [0.2, 0.25) is 0 Å². The van der Waals surface area contributed by atoms with Crippen LogP contribution in [0.25, 0.3) is 11.3 Å². The molecule has 1 aromatic heterocycles. The van der Waals surface area contributed by atoms with Crippen LogP contribution in [0.15, 0.2) is 24.4 Å². The SMILES string of the molecule is Cc1ccc(-c2cnc([C@H](C(C)C)N3C(=O)CNC3=O)[nH]2)c(F)c1. The number of aromatic nitrogens is 2.